The average molecular weight is 405 g/mol. The first-order chi connectivity index (χ1) is 13.7. The quantitative estimate of drug-likeness (QED) is 0.448. The summed E-state index contributed by atoms with van der Waals surface area (Å²) in [4.78, 5) is 39.8. The maximum atomic E-state index is 12.5. The zero-order chi connectivity index (χ0) is 21.0. The number of ether oxygens (including phenoxy) is 1. The fourth-order valence-corrected chi connectivity index (χ4v) is 2.44. The molecule has 0 radical (unpaired) electrons. The van der Waals surface area contributed by atoms with E-state index >= 15 is 0 Å². The molecule has 1 amide bonds. The monoisotopic (exact) mass is 405 g/mol. The summed E-state index contributed by atoms with van der Waals surface area (Å²) in [7, 11) is 0. The molecule has 3 N–H and O–H groups in total. The minimum absolute atomic E-state index is 0.369. The van der Waals surface area contributed by atoms with Gasteiger partial charge in [-0.3, -0.25) is 4.79 Å². The van der Waals surface area contributed by atoms with Crippen LogP contribution < -0.4 is 11.0 Å². The molecule has 3 aromatic rings. The maximum Gasteiger partial charge on any atom is 0.416 e. The topological polar surface area (TPSA) is 104 Å². The number of H-pyrrole nitrogens is 2. The largest absolute Gasteiger partial charge is 0.452 e. The molecular weight excluding hydrogens is 391 g/mol. The van der Waals surface area contributed by atoms with Crippen molar-refractivity contribution < 1.29 is 27.5 Å². The molecule has 0 saturated heterocycles. The molecule has 3 rings (SSSR count). The van der Waals surface area contributed by atoms with E-state index in [1.54, 1.807) is 12.1 Å². The third-order valence-electron chi connectivity index (χ3n) is 3.80. The van der Waals surface area contributed by atoms with Crippen LogP contribution in [0.5, 0.6) is 0 Å². The molecular formula is C19H14F3N3O4. The van der Waals surface area contributed by atoms with Crippen molar-refractivity contribution in [2.24, 2.45) is 0 Å². The Morgan fingerprint density at radius 3 is 2.41 bits per heavy atom. The van der Waals surface area contributed by atoms with Crippen LogP contribution in [0.4, 0.5) is 18.9 Å². The molecule has 0 aliphatic rings. The van der Waals surface area contributed by atoms with Crippen LogP contribution in [0, 0.1) is 0 Å². The van der Waals surface area contributed by atoms with E-state index < -0.39 is 30.2 Å². The van der Waals surface area contributed by atoms with E-state index in [1.807, 2.05) is 0 Å². The van der Waals surface area contributed by atoms with Gasteiger partial charge in [-0.05, 0) is 42.0 Å². The van der Waals surface area contributed by atoms with Crippen LogP contribution in [0.15, 0.2) is 53.3 Å². The predicted molar refractivity (Wildman–Crippen MR) is 99.0 cm³/mol. The number of esters is 1. The molecule has 0 bridgehead atoms. The van der Waals surface area contributed by atoms with Gasteiger partial charge in [-0.1, -0.05) is 12.1 Å². The lowest BCUT2D eigenvalue weighted by molar-refractivity contribution is -0.142. The molecule has 0 aliphatic carbocycles. The van der Waals surface area contributed by atoms with Crippen molar-refractivity contribution in [1.82, 2.24) is 9.97 Å². The number of fused-ring (bicyclic) bond motifs is 1. The summed E-state index contributed by atoms with van der Waals surface area (Å²) >= 11 is 0. The Kier molecular flexibility index (Phi) is 5.53. The lowest BCUT2D eigenvalue weighted by Crippen LogP contribution is -2.20. The van der Waals surface area contributed by atoms with E-state index in [9.17, 15) is 27.6 Å². The summed E-state index contributed by atoms with van der Waals surface area (Å²) in [5.74, 6) is -1.43. The highest BCUT2D eigenvalue weighted by molar-refractivity contribution is 5.96. The minimum Gasteiger partial charge on any atom is -0.452 e. The molecule has 0 fully saturated rings. The van der Waals surface area contributed by atoms with Crippen molar-refractivity contribution >= 4 is 34.7 Å². The number of anilines is 1. The van der Waals surface area contributed by atoms with Crippen molar-refractivity contribution in [3.8, 4) is 0 Å². The third kappa shape index (κ3) is 5.34. The van der Waals surface area contributed by atoms with Crippen LogP contribution in [0.25, 0.3) is 17.1 Å². The molecule has 1 heterocycles. The molecule has 0 spiro atoms. The number of carbonyl (C=O) groups excluding carboxylic acids is 2. The number of aromatic amines is 2. The number of alkyl halides is 3. The van der Waals surface area contributed by atoms with E-state index in [2.05, 4.69) is 15.3 Å². The van der Waals surface area contributed by atoms with Crippen LogP contribution in [0.1, 0.15) is 11.1 Å². The third-order valence-corrected chi connectivity index (χ3v) is 3.80. The first-order valence-corrected chi connectivity index (χ1v) is 8.25. The summed E-state index contributed by atoms with van der Waals surface area (Å²) in [5.41, 5.74) is 0.674. The van der Waals surface area contributed by atoms with Crippen molar-refractivity contribution in [2.75, 3.05) is 11.9 Å². The van der Waals surface area contributed by atoms with E-state index in [0.29, 0.717) is 22.3 Å². The number of hydrogen-bond donors (Lipinski definition) is 3. The molecule has 0 saturated carbocycles. The molecule has 150 valence electrons. The molecule has 7 nitrogen and oxygen atoms in total. The second-order valence-electron chi connectivity index (χ2n) is 5.95. The van der Waals surface area contributed by atoms with Crippen molar-refractivity contribution in [3.05, 3.63) is 70.2 Å². The van der Waals surface area contributed by atoms with Crippen LogP contribution in [0.2, 0.25) is 0 Å². The Morgan fingerprint density at radius 1 is 1.03 bits per heavy atom. The minimum atomic E-state index is -4.44. The van der Waals surface area contributed by atoms with Gasteiger partial charge in [0.15, 0.2) is 6.61 Å². The summed E-state index contributed by atoms with van der Waals surface area (Å²) in [5, 5.41) is 2.51. The van der Waals surface area contributed by atoms with Gasteiger partial charge in [0.05, 0.1) is 16.6 Å². The van der Waals surface area contributed by atoms with Gasteiger partial charge >= 0.3 is 17.8 Å². The van der Waals surface area contributed by atoms with Gasteiger partial charge in [-0.15, -0.1) is 0 Å². The highest BCUT2D eigenvalue weighted by atomic mass is 19.4. The van der Waals surface area contributed by atoms with Gasteiger partial charge < -0.3 is 20.0 Å². The number of imidazole rings is 1. The SMILES string of the molecule is O=C(COC(=O)/C=C/c1ccc(C(F)(F)F)cc1)Nc1ccc2[nH]c(=O)[nH]c2c1. The van der Waals surface area contributed by atoms with Crippen LogP contribution in [-0.2, 0) is 20.5 Å². The van der Waals surface area contributed by atoms with Crippen LogP contribution in [0.3, 0.4) is 0 Å². The normalized spacial score (nSPS) is 11.7. The molecule has 1 aromatic heterocycles. The zero-order valence-electron chi connectivity index (χ0n) is 14.7. The lowest BCUT2D eigenvalue weighted by atomic mass is 10.1. The van der Waals surface area contributed by atoms with E-state index in [4.69, 9.17) is 4.74 Å². The Hall–Kier alpha value is -3.82. The van der Waals surface area contributed by atoms with Gasteiger partial charge in [0.2, 0.25) is 0 Å². The number of rotatable bonds is 5. The number of nitrogens with one attached hydrogen (secondary N) is 3. The molecule has 0 unspecified atom stereocenters. The van der Waals surface area contributed by atoms with Gasteiger partial charge in [-0.2, -0.15) is 13.2 Å². The standard InChI is InChI=1S/C19H14F3N3O4/c20-19(21,22)12-4-1-11(2-5-12)3-8-17(27)29-10-16(26)23-13-6-7-14-15(9-13)25-18(28)24-14/h1-9H,10H2,(H,23,26)(H2,24,25,28)/b8-3+. The molecule has 29 heavy (non-hydrogen) atoms. The Bertz CT molecular complexity index is 1130. The number of benzene rings is 2. The van der Waals surface area contributed by atoms with Gasteiger partial charge in [0.1, 0.15) is 0 Å². The molecule has 10 heteroatoms. The Labute approximate surface area is 161 Å². The first-order valence-electron chi connectivity index (χ1n) is 8.25. The van der Waals surface area contributed by atoms with Crippen molar-refractivity contribution in [2.45, 2.75) is 6.18 Å². The van der Waals surface area contributed by atoms with E-state index in [-0.39, 0.29) is 5.69 Å². The highest BCUT2D eigenvalue weighted by Gasteiger charge is 2.29. The maximum absolute atomic E-state index is 12.5. The molecule has 0 atom stereocenters. The molecule has 0 aliphatic heterocycles. The number of hydrogen-bond acceptors (Lipinski definition) is 4. The van der Waals surface area contributed by atoms with Crippen molar-refractivity contribution in [3.63, 3.8) is 0 Å². The number of amides is 1. The van der Waals surface area contributed by atoms with Gasteiger partial charge in [-0.25, -0.2) is 9.59 Å². The van der Waals surface area contributed by atoms with Crippen LogP contribution in [-0.4, -0.2) is 28.5 Å². The van der Waals surface area contributed by atoms with Crippen LogP contribution >= 0.6 is 0 Å². The van der Waals surface area contributed by atoms with E-state index in [0.717, 1.165) is 18.2 Å². The fraction of sp³-hybridized carbons (Fsp3) is 0.105. The second-order valence-corrected chi connectivity index (χ2v) is 5.95. The summed E-state index contributed by atoms with van der Waals surface area (Å²) in [6.07, 6.45) is -2.15. The van der Waals surface area contributed by atoms with Gasteiger partial charge in [0.25, 0.3) is 5.91 Å². The number of aromatic nitrogens is 2. The number of carbonyl (C=O) groups is 2. The zero-order valence-corrected chi connectivity index (χ0v) is 14.7. The summed E-state index contributed by atoms with van der Waals surface area (Å²) < 4.78 is 42.3. The van der Waals surface area contributed by atoms with Crippen molar-refractivity contribution in [1.29, 1.82) is 0 Å². The summed E-state index contributed by atoms with van der Waals surface area (Å²) in [6, 6.07) is 8.91. The summed E-state index contributed by atoms with van der Waals surface area (Å²) in [6.45, 7) is -0.558. The smallest absolute Gasteiger partial charge is 0.416 e. The second kappa shape index (κ2) is 8.05. The average Bonchev–Trinajstić information content (AvgIpc) is 3.03. The fourth-order valence-electron chi connectivity index (χ4n) is 2.44. The van der Waals surface area contributed by atoms with Gasteiger partial charge in [0, 0.05) is 11.8 Å². The Balaban J connectivity index is 1.50. The predicted octanol–water partition coefficient (Wildman–Crippen LogP) is 3.07. The number of halogens is 3. The first kappa shape index (κ1) is 19.9. The molecule has 2 aromatic carbocycles. The highest BCUT2D eigenvalue weighted by Crippen LogP contribution is 2.29. The van der Waals surface area contributed by atoms with E-state index in [1.165, 1.54) is 24.3 Å². The lowest BCUT2D eigenvalue weighted by Gasteiger charge is -2.06. The Morgan fingerprint density at radius 2 is 1.72 bits per heavy atom.